The molecule has 2 fully saturated rings. The molecule has 0 aromatic rings. The van der Waals surface area contributed by atoms with Gasteiger partial charge in [0.25, 0.3) is 0 Å². The highest BCUT2D eigenvalue weighted by atomic mass is 16.5. The van der Waals surface area contributed by atoms with Crippen molar-refractivity contribution in [3.8, 4) is 0 Å². The molecule has 1 saturated carbocycles. The fraction of sp³-hybridized carbons (Fsp3) is 0.923. The molecule has 98 valence electrons. The van der Waals surface area contributed by atoms with Gasteiger partial charge in [-0.2, -0.15) is 0 Å². The van der Waals surface area contributed by atoms with Gasteiger partial charge in [-0.15, -0.1) is 0 Å². The molecule has 1 amide bonds. The van der Waals surface area contributed by atoms with Crippen molar-refractivity contribution in [3.05, 3.63) is 0 Å². The summed E-state index contributed by atoms with van der Waals surface area (Å²) < 4.78 is 5.24. The van der Waals surface area contributed by atoms with Gasteiger partial charge < -0.3 is 15.0 Å². The Morgan fingerprint density at radius 3 is 2.53 bits per heavy atom. The second-order valence-corrected chi connectivity index (χ2v) is 5.61. The van der Waals surface area contributed by atoms with Crippen molar-refractivity contribution in [3.63, 3.8) is 0 Å². The molecule has 4 nitrogen and oxygen atoms in total. The summed E-state index contributed by atoms with van der Waals surface area (Å²) in [5, 5.41) is 3.33. The summed E-state index contributed by atoms with van der Waals surface area (Å²) in [5.74, 6) is 0.932. The van der Waals surface area contributed by atoms with Crippen LogP contribution in [0, 0.1) is 11.3 Å². The molecule has 1 heterocycles. The van der Waals surface area contributed by atoms with Crippen LogP contribution in [0.3, 0.4) is 0 Å². The van der Waals surface area contributed by atoms with Crippen LogP contribution in [0.2, 0.25) is 0 Å². The number of hydrogen-bond donors (Lipinski definition) is 1. The van der Waals surface area contributed by atoms with E-state index in [0.717, 1.165) is 19.6 Å². The first kappa shape index (κ1) is 12.8. The van der Waals surface area contributed by atoms with Gasteiger partial charge in [-0.25, -0.2) is 0 Å². The Morgan fingerprint density at radius 1 is 1.35 bits per heavy atom. The fourth-order valence-electron chi connectivity index (χ4n) is 2.46. The topological polar surface area (TPSA) is 41.6 Å². The molecule has 1 N–H and O–H groups in total. The Kier molecular flexibility index (Phi) is 4.05. The van der Waals surface area contributed by atoms with Gasteiger partial charge in [0, 0.05) is 19.6 Å². The van der Waals surface area contributed by atoms with E-state index in [1.165, 1.54) is 12.8 Å². The Balaban J connectivity index is 1.66. The maximum atomic E-state index is 11.9. The lowest BCUT2D eigenvalue weighted by molar-refractivity contribution is -0.134. The zero-order chi connectivity index (χ0) is 12.3. The Hall–Kier alpha value is -0.610. The van der Waals surface area contributed by atoms with Crippen LogP contribution in [0.1, 0.15) is 26.7 Å². The number of carbonyl (C=O) groups excluding carboxylic acids is 1. The Labute approximate surface area is 104 Å². The highest BCUT2D eigenvalue weighted by molar-refractivity contribution is 5.78. The summed E-state index contributed by atoms with van der Waals surface area (Å²) in [5.41, 5.74) is 0.477. The third-order valence-electron chi connectivity index (χ3n) is 4.23. The maximum absolute atomic E-state index is 11.9. The van der Waals surface area contributed by atoms with Crippen molar-refractivity contribution in [2.24, 2.45) is 11.3 Å². The number of carbonyl (C=O) groups is 1. The van der Waals surface area contributed by atoms with E-state index in [-0.39, 0.29) is 5.91 Å². The molecule has 0 bridgehead atoms. The normalized spacial score (nSPS) is 22.9. The maximum Gasteiger partial charge on any atom is 0.236 e. The van der Waals surface area contributed by atoms with E-state index in [2.05, 4.69) is 19.2 Å². The molecule has 17 heavy (non-hydrogen) atoms. The van der Waals surface area contributed by atoms with E-state index in [1.807, 2.05) is 4.90 Å². The molecule has 0 unspecified atom stereocenters. The quantitative estimate of drug-likeness (QED) is 0.775. The first-order chi connectivity index (χ1) is 8.14. The first-order valence-electron chi connectivity index (χ1n) is 6.70. The lowest BCUT2D eigenvalue weighted by Crippen LogP contribution is -2.45. The molecule has 0 atom stereocenters. The second-order valence-electron chi connectivity index (χ2n) is 5.61. The molecular weight excluding hydrogens is 216 g/mol. The monoisotopic (exact) mass is 240 g/mol. The molecule has 1 saturated heterocycles. The number of nitrogens with zero attached hydrogens (tertiary/aromatic N) is 1. The van der Waals surface area contributed by atoms with Gasteiger partial charge in [-0.3, -0.25) is 4.79 Å². The van der Waals surface area contributed by atoms with Crippen molar-refractivity contribution in [1.82, 2.24) is 10.2 Å². The average Bonchev–Trinajstić information content (AvgIpc) is 3.11. The Morgan fingerprint density at radius 2 is 2.00 bits per heavy atom. The van der Waals surface area contributed by atoms with Crippen molar-refractivity contribution >= 4 is 5.91 Å². The lowest BCUT2D eigenvalue weighted by Gasteiger charge is -2.27. The molecule has 1 aliphatic carbocycles. The van der Waals surface area contributed by atoms with E-state index in [4.69, 9.17) is 4.74 Å². The predicted molar refractivity (Wildman–Crippen MR) is 66.8 cm³/mol. The number of rotatable bonds is 5. The van der Waals surface area contributed by atoms with E-state index in [1.54, 1.807) is 0 Å². The fourth-order valence-corrected chi connectivity index (χ4v) is 2.46. The van der Waals surface area contributed by atoms with Crippen LogP contribution in [0.15, 0.2) is 0 Å². The van der Waals surface area contributed by atoms with Gasteiger partial charge in [-0.1, -0.05) is 13.8 Å². The lowest BCUT2D eigenvalue weighted by atomic mass is 9.92. The summed E-state index contributed by atoms with van der Waals surface area (Å²) >= 11 is 0. The van der Waals surface area contributed by atoms with Gasteiger partial charge in [-0.05, 0) is 24.2 Å². The van der Waals surface area contributed by atoms with E-state index >= 15 is 0 Å². The van der Waals surface area contributed by atoms with Crippen molar-refractivity contribution in [2.45, 2.75) is 26.7 Å². The smallest absolute Gasteiger partial charge is 0.236 e. The predicted octanol–water partition coefficient (Wildman–Crippen LogP) is 0.871. The van der Waals surface area contributed by atoms with Gasteiger partial charge in [0.15, 0.2) is 0 Å². The average molecular weight is 240 g/mol. The molecule has 0 spiro atoms. The molecule has 1 aliphatic heterocycles. The van der Waals surface area contributed by atoms with Gasteiger partial charge in [0.05, 0.1) is 19.8 Å². The first-order valence-corrected chi connectivity index (χ1v) is 6.70. The standard InChI is InChI=1S/C13H24N2O2/c1-11(2)13(3-4-13)10-14-9-12(16)15-5-7-17-8-6-15/h11,14H,3-10H2,1-2H3. The third kappa shape index (κ3) is 3.19. The molecule has 2 rings (SSSR count). The third-order valence-corrected chi connectivity index (χ3v) is 4.23. The minimum atomic E-state index is 0.216. The molecule has 4 heteroatoms. The van der Waals surface area contributed by atoms with Gasteiger partial charge >= 0.3 is 0 Å². The van der Waals surface area contributed by atoms with E-state index in [9.17, 15) is 4.79 Å². The largest absolute Gasteiger partial charge is 0.378 e. The molecule has 0 aromatic carbocycles. The highest BCUT2D eigenvalue weighted by Crippen LogP contribution is 2.51. The van der Waals surface area contributed by atoms with Crippen LogP contribution < -0.4 is 5.32 Å². The van der Waals surface area contributed by atoms with Gasteiger partial charge in [0.2, 0.25) is 5.91 Å². The van der Waals surface area contributed by atoms with Crippen LogP contribution in [0.5, 0.6) is 0 Å². The van der Waals surface area contributed by atoms with Crippen molar-refractivity contribution in [2.75, 3.05) is 39.4 Å². The van der Waals surface area contributed by atoms with Crippen LogP contribution in [-0.2, 0) is 9.53 Å². The van der Waals surface area contributed by atoms with Crippen LogP contribution in [0.4, 0.5) is 0 Å². The van der Waals surface area contributed by atoms with Crippen LogP contribution >= 0.6 is 0 Å². The number of amides is 1. The van der Waals surface area contributed by atoms with Crippen molar-refractivity contribution in [1.29, 1.82) is 0 Å². The molecule has 2 aliphatic rings. The summed E-state index contributed by atoms with van der Waals surface area (Å²) in [6.45, 7) is 8.88. The number of hydrogen-bond acceptors (Lipinski definition) is 3. The highest BCUT2D eigenvalue weighted by Gasteiger charge is 2.44. The number of ether oxygens (including phenoxy) is 1. The second kappa shape index (κ2) is 5.36. The summed E-state index contributed by atoms with van der Waals surface area (Å²) in [7, 11) is 0. The summed E-state index contributed by atoms with van der Waals surface area (Å²) in [6, 6.07) is 0. The van der Waals surface area contributed by atoms with Gasteiger partial charge in [0.1, 0.15) is 0 Å². The molecular formula is C13H24N2O2. The van der Waals surface area contributed by atoms with E-state index < -0.39 is 0 Å². The molecule has 0 aromatic heterocycles. The minimum Gasteiger partial charge on any atom is -0.378 e. The molecule has 0 radical (unpaired) electrons. The number of nitrogens with one attached hydrogen (secondary N) is 1. The SMILES string of the molecule is CC(C)C1(CNCC(=O)N2CCOCC2)CC1. The summed E-state index contributed by atoms with van der Waals surface area (Å²) in [6.07, 6.45) is 2.62. The zero-order valence-electron chi connectivity index (χ0n) is 11.0. The summed E-state index contributed by atoms with van der Waals surface area (Å²) in [4.78, 5) is 13.8. The number of morpholine rings is 1. The minimum absolute atomic E-state index is 0.216. The Bertz CT molecular complexity index is 269. The van der Waals surface area contributed by atoms with Crippen molar-refractivity contribution < 1.29 is 9.53 Å². The zero-order valence-corrected chi connectivity index (χ0v) is 11.0. The van der Waals surface area contributed by atoms with Crippen LogP contribution in [0.25, 0.3) is 0 Å². The van der Waals surface area contributed by atoms with Crippen LogP contribution in [-0.4, -0.2) is 50.2 Å². The van der Waals surface area contributed by atoms with E-state index in [0.29, 0.717) is 31.1 Å².